The van der Waals surface area contributed by atoms with Gasteiger partial charge >= 0.3 is 0 Å². The van der Waals surface area contributed by atoms with Crippen LogP contribution in [-0.2, 0) is 6.42 Å². The molecule has 1 aliphatic carbocycles. The Morgan fingerprint density at radius 1 is 1.43 bits per heavy atom. The highest BCUT2D eigenvalue weighted by Gasteiger charge is 2.47. The third kappa shape index (κ3) is 1.48. The summed E-state index contributed by atoms with van der Waals surface area (Å²) < 4.78 is 5.29. The second kappa shape index (κ2) is 3.13. The van der Waals surface area contributed by atoms with E-state index >= 15 is 0 Å². The van der Waals surface area contributed by atoms with Crippen LogP contribution in [0.25, 0.3) is 0 Å². The molecule has 1 N–H and O–H groups in total. The zero-order valence-electron chi connectivity index (χ0n) is 8.92. The SMILES string of the molecule is CC1(C)CCCC1(O)Cc1ccco1. The predicted molar refractivity (Wildman–Crippen MR) is 55.0 cm³/mol. The minimum atomic E-state index is -0.579. The molecule has 2 nitrogen and oxygen atoms in total. The molecule has 0 spiro atoms. The maximum atomic E-state index is 10.5. The molecule has 1 atom stereocenters. The van der Waals surface area contributed by atoms with E-state index in [9.17, 15) is 5.11 Å². The van der Waals surface area contributed by atoms with Crippen LogP contribution >= 0.6 is 0 Å². The number of furan rings is 1. The van der Waals surface area contributed by atoms with Crippen molar-refractivity contribution < 1.29 is 9.52 Å². The van der Waals surface area contributed by atoms with Crippen molar-refractivity contribution in [1.29, 1.82) is 0 Å². The second-order valence-corrected chi connectivity index (χ2v) is 5.03. The number of hydrogen-bond acceptors (Lipinski definition) is 2. The zero-order chi connectivity index (χ0) is 10.2. The molecule has 0 bridgehead atoms. The van der Waals surface area contributed by atoms with E-state index in [0.717, 1.165) is 25.0 Å². The van der Waals surface area contributed by atoms with Crippen molar-refractivity contribution in [2.24, 2.45) is 5.41 Å². The topological polar surface area (TPSA) is 33.4 Å². The summed E-state index contributed by atoms with van der Waals surface area (Å²) in [7, 11) is 0. The Labute approximate surface area is 84.9 Å². The van der Waals surface area contributed by atoms with Crippen molar-refractivity contribution in [3.05, 3.63) is 24.2 Å². The van der Waals surface area contributed by atoms with Crippen LogP contribution in [-0.4, -0.2) is 10.7 Å². The molecule has 0 saturated heterocycles. The second-order valence-electron chi connectivity index (χ2n) is 5.03. The van der Waals surface area contributed by atoms with Crippen molar-refractivity contribution in [3.8, 4) is 0 Å². The normalized spacial score (nSPS) is 30.8. The van der Waals surface area contributed by atoms with E-state index in [0.29, 0.717) is 6.42 Å². The van der Waals surface area contributed by atoms with E-state index in [1.165, 1.54) is 0 Å². The van der Waals surface area contributed by atoms with Crippen LogP contribution in [0.3, 0.4) is 0 Å². The van der Waals surface area contributed by atoms with Gasteiger partial charge in [0, 0.05) is 6.42 Å². The van der Waals surface area contributed by atoms with E-state index in [1.54, 1.807) is 6.26 Å². The summed E-state index contributed by atoms with van der Waals surface area (Å²) in [4.78, 5) is 0. The van der Waals surface area contributed by atoms with Gasteiger partial charge in [-0.3, -0.25) is 0 Å². The van der Waals surface area contributed by atoms with Crippen LogP contribution in [0.2, 0.25) is 0 Å². The van der Waals surface area contributed by atoms with Crippen LogP contribution < -0.4 is 0 Å². The quantitative estimate of drug-likeness (QED) is 0.785. The molecule has 78 valence electrons. The molecule has 0 aromatic carbocycles. The van der Waals surface area contributed by atoms with Crippen LogP contribution in [0.4, 0.5) is 0 Å². The van der Waals surface area contributed by atoms with Gasteiger partial charge in [-0.15, -0.1) is 0 Å². The Hall–Kier alpha value is -0.760. The lowest BCUT2D eigenvalue weighted by Crippen LogP contribution is -2.41. The van der Waals surface area contributed by atoms with Gasteiger partial charge in [-0.2, -0.15) is 0 Å². The van der Waals surface area contributed by atoms with Crippen LogP contribution in [0, 0.1) is 5.41 Å². The fraction of sp³-hybridized carbons (Fsp3) is 0.667. The molecule has 1 saturated carbocycles. The molecule has 14 heavy (non-hydrogen) atoms. The first-order valence-electron chi connectivity index (χ1n) is 5.28. The van der Waals surface area contributed by atoms with E-state index in [-0.39, 0.29) is 5.41 Å². The Morgan fingerprint density at radius 2 is 2.21 bits per heavy atom. The minimum Gasteiger partial charge on any atom is -0.469 e. The molecular formula is C12H18O2. The van der Waals surface area contributed by atoms with Gasteiger partial charge < -0.3 is 9.52 Å². The first-order valence-corrected chi connectivity index (χ1v) is 5.28. The first kappa shape index (κ1) is 9.78. The molecule has 1 aromatic heterocycles. The molecule has 2 rings (SSSR count). The summed E-state index contributed by atoms with van der Waals surface area (Å²) in [6.45, 7) is 4.28. The van der Waals surface area contributed by atoms with Crippen LogP contribution in [0.15, 0.2) is 22.8 Å². The average molecular weight is 194 g/mol. The summed E-state index contributed by atoms with van der Waals surface area (Å²) in [6.07, 6.45) is 5.42. The third-order valence-corrected chi connectivity index (χ3v) is 3.70. The highest BCUT2D eigenvalue weighted by atomic mass is 16.3. The standard InChI is InChI=1S/C12H18O2/c1-11(2)6-4-7-12(11,13)9-10-5-3-8-14-10/h3,5,8,13H,4,6-7,9H2,1-2H3. The summed E-state index contributed by atoms with van der Waals surface area (Å²) in [5, 5.41) is 10.5. The van der Waals surface area contributed by atoms with Crippen molar-refractivity contribution in [2.45, 2.75) is 45.1 Å². The molecule has 2 heteroatoms. The highest BCUT2D eigenvalue weighted by molar-refractivity contribution is 5.08. The van der Waals surface area contributed by atoms with E-state index in [1.807, 2.05) is 12.1 Å². The summed E-state index contributed by atoms with van der Waals surface area (Å²) in [5.41, 5.74) is -0.565. The zero-order valence-corrected chi connectivity index (χ0v) is 8.92. The summed E-state index contributed by atoms with van der Waals surface area (Å²) in [5.74, 6) is 0.891. The van der Waals surface area contributed by atoms with Gasteiger partial charge in [0.05, 0.1) is 11.9 Å². The lowest BCUT2D eigenvalue weighted by molar-refractivity contribution is -0.0454. The largest absolute Gasteiger partial charge is 0.469 e. The summed E-state index contributed by atoms with van der Waals surface area (Å²) >= 11 is 0. The molecule has 1 aliphatic rings. The lowest BCUT2D eigenvalue weighted by atomic mass is 9.75. The molecule has 1 fully saturated rings. The Balaban J connectivity index is 2.17. The van der Waals surface area contributed by atoms with Crippen molar-refractivity contribution >= 4 is 0 Å². The lowest BCUT2D eigenvalue weighted by Gasteiger charge is -2.36. The maximum Gasteiger partial charge on any atom is 0.106 e. The average Bonchev–Trinajstić information content (AvgIpc) is 2.63. The molecular weight excluding hydrogens is 176 g/mol. The first-order chi connectivity index (χ1) is 6.54. The Kier molecular flexibility index (Phi) is 2.18. The van der Waals surface area contributed by atoms with Gasteiger partial charge in [-0.05, 0) is 36.8 Å². The van der Waals surface area contributed by atoms with Crippen molar-refractivity contribution in [2.75, 3.05) is 0 Å². The van der Waals surface area contributed by atoms with Crippen LogP contribution in [0.1, 0.15) is 38.9 Å². The Morgan fingerprint density at radius 3 is 2.71 bits per heavy atom. The molecule has 1 unspecified atom stereocenters. The van der Waals surface area contributed by atoms with Crippen molar-refractivity contribution in [3.63, 3.8) is 0 Å². The molecule has 0 amide bonds. The number of aliphatic hydroxyl groups is 1. The molecule has 0 radical (unpaired) electrons. The monoisotopic (exact) mass is 194 g/mol. The molecule has 1 heterocycles. The predicted octanol–water partition coefficient (Wildman–Crippen LogP) is 2.76. The minimum absolute atomic E-state index is 0.0137. The van der Waals surface area contributed by atoms with E-state index in [4.69, 9.17) is 4.42 Å². The van der Waals surface area contributed by atoms with Gasteiger partial charge in [-0.25, -0.2) is 0 Å². The van der Waals surface area contributed by atoms with Gasteiger partial charge in [0.15, 0.2) is 0 Å². The van der Waals surface area contributed by atoms with Gasteiger partial charge in [0.1, 0.15) is 5.76 Å². The third-order valence-electron chi connectivity index (χ3n) is 3.70. The van der Waals surface area contributed by atoms with E-state index < -0.39 is 5.60 Å². The van der Waals surface area contributed by atoms with Gasteiger partial charge in [0.25, 0.3) is 0 Å². The van der Waals surface area contributed by atoms with Crippen LogP contribution in [0.5, 0.6) is 0 Å². The fourth-order valence-electron chi connectivity index (χ4n) is 2.42. The fourth-order valence-corrected chi connectivity index (χ4v) is 2.42. The summed E-state index contributed by atoms with van der Waals surface area (Å²) in [6, 6.07) is 3.81. The van der Waals surface area contributed by atoms with Gasteiger partial charge in [0.2, 0.25) is 0 Å². The van der Waals surface area contributed by atoms with Crippen molar-refractivity contribution in [1.82, 2.24) is 0 Å². The van der Waals surface area contributed by atoms with Gasteiger partial charge in [-0.1, -0.05) is 13.8 Å². The maximum absolute atomic E-state index is 10.5. The number of rotatable bonds is 2. The molecule has 0 aliphatic heterocycles. The Bertz CT molecular complexity index is 300. The number of hydrogen-bond donors (Lipinski definition) is 1. The smallest absolute Gasteiger partial charge is 0.106 e. The molecule has 1 aromatic rings. The van der Waals surface area contributed by atoms with E-state index in [2.05, 4.69) is 13.8 Å². The highest BCUT2D eigenvalue weighted by Crippen LogP contribution is 2.47.